The summed E-state index contributed by atoms with van der Waals surface area (Å²) < 4.78 is 0. The Morgan fingerprint density at radius 1 is 1.28 bits per heavy atom. The van der Waals surface area contributed by atoms with Crippen LogP contribution < -0.4 is 5.32 Å². The molecule has 0 spiro atoms. The highest BCUT2D eigenvalue weighted by Gasteiger charge is 2.13. The average molecular weight is 269 g/mol. The Labute approximate surface area is 114 Å². The minimum absolute atomic E-state index is 0.0266. The predicted molar refractivity (Wildman–Crippen MR) is 78.4 cm³/mol. The molecule has 0 amide bonds. The first-order valence-electron chi connectivity index (χ1n) is 6.40. The number of hydrogen-bond donors (Lipinski definition) is 3. The fraction of sp³-hybridized carbons (Fsp3) is 0.571. The topological polar surface area (TPSA) is 52.5 Å². The molecule has 0 bridgehead atoms. The molecule has 0 aromatic heterocycles. The second-order valence-corrected chi connectivity index (χ2v) is 5.91. The first kappa shape index (κ1) is 15.2. The largest absolute Gasteiger partial charge is 0.508 e. The zero-order valence-corrected chi connectivity index (χ0v) is 12.1. The minimum Gasteiger partial charge on any atom is -0.508 e. The summed E-state index contributed by atoms with van der Waals surface area (Å²) in [7, 11) is 0. The van der Waals surface area contributed by atoms with Crippen LogP contribution in [0.25, 0.3) is 0 Å². The maximum atomic E-state index is 9.78. The lowest BCUT2D eigenvalue weighted by atomic mass is 10.1. The molecule has 0 aliphatic heterocycles. The maximum absolute atomic E-state index is 9.78. The summed E-state index contributed by atoms with van der Waals surface area (Å²) >= 11 is 1.94. The van der Waals surface area contributed by atoms with Crippen molar-refractivity contribution in [1.29, 1.82) is 0 Å². The molecule has 0 aliphatic rings. The zero-order chi connectivity index (χ0) is 13.5. The van der Waals surface area contributed by atoms with Gasteiger partial charge in [-0.1, -0.05) is 6.92 Å². The number of benzene rings is 1. The van der Waals surface area contributed by atoms with Gasteiger partial charge in [-0.2, -0.15) is 11.8 Å². The number of aromatic hydroxyl groups is 2. The summed E-state index contributed by atoms with van der Waals surface area (Å²) in [6.07, 6.45) is 1.10. The molecule has 3 nitrogen and oxygen atoms in total. The van der Waals surface area contributed by atoms with Gasteiger partial charge in [-0.3, -0.25) is 0 Å². The predicted octanol–water partition coefficient (Wildman–Crippen LogP) is 3.28. The summed E-state index contributed by atoms with van der Waals surface area (Å²) in [6, 6.07) is 5.05. The number of thioether (sulfide) groups is 1. The molecule has 1 aromatic rings. The van der Waals surface area contributed by atoms with E-state index in [2.05, 4.69) is 19.2 Å². The van der Waals surface area contributed by atoms with Crippen molar-refractivity contribution >= 4 is 11.8 Å². The quantitative estimate of drug-likeness (QED) is 0.525. The zero-order valence-electron chi connectivity index (χ0n) is 11.3. The Morgan fingerprint density at radius 3 is 2.67 bits per heavy atom. The van der Waals surface area contributed by atoms with Gasteiger partial charge in [0, 0.05) is 17.6 Å². The smallest absolute Gasteiger partial charge is 0.120 e. The number of phenolic OH excluding ortho intramolecular Hbond substituents is 2. The first-order valence-corrected chi connectivity index (χ1v) is 7.55. The van der Waals surface area contributed by atoms with Crippen molar-refractivity contribution in [3.05, 3.63) is 23.8 Å². The molecule has 102 valence electrons. The van der Waals surface area contributed by atoms with Crippen LogP contribution in [0, 0.1) is 0 Å². The molecular formula is C14H23NO2S. The van der Waals surface area contributed by atoms with Crippen molar-refractivity contribution in [2.75, 3.05) is 11.5 Å². The lowest BCUT2D eigenvalue weighted by molar-refractivity contribution is 0.424. The van der Waals surface area contributed by atoms with E-state index in [1.807, 2.05) is 18.7 Å². The molecule has 18 heavy (non-hydrogen) atoms. The Morgan fingerprint density at radius 2 is 2.00 bits per heavy atom. The highest BCUT2D eigenvalue weighted by Crippen LogP contribution is 2.28. The highest BCUT2D eigenvalue weighted by molar-refractivity contribution is 7.99. The lowest BCUT2D eigenvalue weighted by Gasteiger charge is -2.21. The van der Waals surface area contributed by atoms with Crippen molar-refractivity contribution < 1.29 is 10.2 Å². The molecule has 0 aliphatic carbocycles. The molecule has 1 aromatic carbocycles. The van der Waals surface area contributed by atoms with Gasteiger partial charge in [0.2, 0.25) is 0 Å². The van der Waals surface area contributed by atoms with E-state index in [1.165, 1.54) is 12.1 Å². The molecule has 0 saturated heterocycles. The molecule has 1 rings (SSSR count). The van der Waals surface area contributed by atoms with E-state index >= 15 is 0 Å². The summed E-state index contributed by atoms with van der Waals surface area (Å²) in [5.41, 5.74) is 0.741. The second-order valence-electron chi connectivity index (χ2n) is 4.52. The van der Waals surface area contributed by atoms with Crippen LogP contribution in [0.1, 0.15) is 38.8 Å². The Kier molecular flexibility index (Phi) is 6.36. The molecule has 2 unspecified atom stereocenters. The molecule has 2 atom stereocenters. The fourth-order valence-electron chi connectivity index (χ4n) is 1.89. The van der Waals surface area contributed by atoms with E-state index in [4.69, 9.17) is 0 Å². The fourth-order valence-corrected chi connectivity index (χ4v) is 2.70. The SMILES string of the molecule is CCSCCC(C)NC(C)c1cc(O)ccc1O. The van der Waals surface area contributed by atoms with Crippen LogP contribution in [-0.2, 0) is 0 Å². The summed E-state index contributed by atoms with van der Waals surface area (Å²) in [6.45, 7) is 6.31. The van der Waals surface area contributed by atoms with Crippen LogP contribution >= 0.6 is 11.8 Å². The maximum Gasteiger partial charge on any atom is 0.120 e. The van der Waals surface area contributed by atoms with Gasteiger partial charge in [-0.25, -0.2) is 0 Å². The average Bonchev–Trinajstić information content (AvgIpc) is 2.32. The van der Waals surface area contributed by atoms with Crippen molar-refractivity contribution in [3.8, 4) is 11.5 Å². The molecular weight excluding hydrogens is 246 g/mol. The summed E-state index contributed by atoms with van der Waals surface area (Å²) in [5, 5.41) is 22.7. The molecule has 4 heteroatoms. The highest BCUT2D eigenvalue weighted by atomic mass is 32.2. The van der Waals surface area contributed by atoms with E-state index < -0.39 is 0 Å². The van der Waals surface area contributed by atoms with Crippen LogP contribution in [0.3, 0.4) is 0 Å². The molecule has 0 heterocycles. The van der Waals surface area contributed by atoms with Gasteiger partial charge in [0.15, 0.2) is 0 Å². The van der Waals surface area contributed by atoms with Gasteiger partial charge >= 0.3 is 0 Å². The number of rotatable bonds is 7. The van der Waals surface area contributed by atoms with Gasteiger partial charge < -0.3 is 15.5 Å². The van der Waals surface area contributed by atoms with Crippen molar-refractivity contribution in [1.82, 2.24) is 5.32 Å². The van der Waals surface area contributed by atoms with Crippen molar-refractivity contribution in [3.63, 3.8) is 0 Å². The molecule has 3 N–H and O–H groups in total. The normalized spacial score (nSPS) is 14.4. The molecule has 0 saturated carbocycles. The van der Waals surface area contributed by atoms with Crippen LogP contribution in [0.2, 0.25) is 0 Å². The number of nitrogens with one attached hydrogen (secondary N) is 1. The standard InChI is InChI=1S/C14H23NO2S/c1-4-18-8-7-10(2)15-11(3)13-9-12(16)5-6-14(13)17/h5-6,9-11,15-17H,4,7-8H2,1-3H3. The van der Waals surface area contributed by atoms with Gasteiger partial charge in [-0.05, 0) is 50.0 Å². The Hall–Kier alpha value is -0.870. The van der Waals surface area contributed by atoms with Crippen LogP contribution in [-0.4, -0.2) is 27.8 Å². The van der Waals surface area contributed by atoms with Gasteiger partial charge in [0.25, 0.3) is 0 Å². The minimum atomic E-state index is 0.0266. The molecule has 0 fully saturated rings. The number of phenols is 2. The van der Waals surface area contributed by atoms with Crippen LogP contribution in [0.15, 0.2) is 18.2 Å². The van der Waals surface area contributed by atoms with E-state index in [0.717, 1.165) is 23.5 Å². The second kappa shape index (κ2) is 7.54. The summed E-state index contributed by atoms with van der Waals surface area (Å²) in [5.74, 6) is 2.70. The monoisotopic (exact) mass is 269 g/mol. The third-order valence-corrected chi connectivity index (χ3v) is 3.84. The van der Waals surface area contributed by atoms with Crippen LogP contribution in [0.5, 0.6) is 11.5 Å². The van der Waals surface area contributed by atoms with E-state index in [-0.39, 0.29) is 17.5 Å². The molecule has 0 radical (unpaired) electrons. The van der Waals surface area contributed by atoms with E-state index in [9.17, 15) is 10.2 Å². The third kappa shape index (κ3) is 4.78. The van der Waals surface area contributed by atoms with E-state index in [0.29, 0.717) is 6.04 Å². The van der Waals surface area contributed by atoms with Gasteiger partial charge in [0.05, 0.1) is 0 Å². The van der Waals surface area contributed by atoms with Crippen molar-refractivity contribution in [2.24, 2.45) is 0 Å². The third-order valence-electron chi connectivity index (χ3n) is 2.91. The van der Waals surface area contributed by atoms with Gasteiger partial charge in [0.1, 0.15) is 11.5 Å². The Bertz CT molecular complexity index is 371. The lowest BCUT2D eigenvalue weighted by Crippen LogP contribution is -2.29. The first-order chi connectivity index (χ1) is 8.54. The Balaban J connectivity index is 2.53. The van der Waals surface area contributed by atoms with Gasteiger partial charge in [-0.15, -0.1) is 0 Å². The summed E-state index contributed by atoms with van der Waals surface area (Å²) in [4.78, 5) is 0. The van der Waals surface area contributed by atoms with Crippen LogP contribution in [0.4, 0.5) is 0 Å². The van der Waals surface area contributed by atoms with E-state index in [1.54, 1.807) is 6.07 Å². The number of hydrogen-bond acceptors (Lipinski definition) is 4. The van der Waals surface area contributed by atoms with Crippen molar-refractivity contribution in [2.45, 2.75) is 39.3 Å².